The summed E-state index contributed by atoms with van der Waals surface area (Å²) in [6, 6.07) is 5.15. The number of nitrogens with zero attached hydrogens (tertiary/aromatic N) is 1. The molecule has 0 aliphatic heterocycles. The van der Waals surface area contributed by atoms with Gasteiger partial charge in [-0.1, -0.05) is 19.9 Å². The van der Waals surface area contributed by atoms with Crippen LogP contribution in [0.1, 0.15) is 26.3 Å². The van der Waals surface area contributed by atoms with E-state index < -0.39 is 0 Å². The van der Waals surface area contributed by atoms with Gasteiger partial charge in [-0.25, -0.2) is 4.39 Å². The summed E-state index contributed by atoms with van der Waals surface area (Å²) in [5.74, 6) is 0.344. The number of hydrogen-bond acceptors (Lipinski definition) is 2. The molecule has 1 rings (SSSR count). The fraction of sp³-hybridized carbons (Fsp3) is 0.538. The van der Waals surface area contributed by atoms with E-state index in [-0.39, 0.29) is 12.4 Å². The fourth-order valence-electron chi connectivity index (χ4n) is 1.88. The minimum atomic E-state index is -0.206. The van der Waals surface area contributed by atoms with E-state index >= 15 is 0 Å². The van der Waals surface area contributed by atoms with Crippen LogP contribution in [0.3, 0.4) is 0 Å². The minimum Gasteiger partial charge on any atom is -0.371 e. The van der Waals surface area contributed by atoms with Crippen molar-refractivity contribution in [3.63, 3.8) is 0 Å². The molecule has 0 saturated heterocycles. The molecule has 2 N–H and O–H groups in total. The van der Waals surface area contributed by atoms with Gasteiger partial charge in [0.25, 0.3) is 0 Å². The van der Waals surface area contributed by atoms with E-state index in [0.717, 1.165) is 18.8 Å². The Morgan fingerprint density at radius 3 is 2.56 bits per heavy atom. The molecule has 0 bridgehead atoms. The highest BCUT2D eigenvalue weighted by Crippen LogP contribution is 2.23. The SMILES string of the molecule is CCN(CC(C)C)c1cccc(F)c1CN. The zero-order valence-electron chi connectivity index (χ0n) is 10.3. The van der Waals surface area contributed by atoms with Crippen molar-refractivity contribution in [1.82, 2.24) is 0 Å². The van der Waals surface area contributed by atoms with E-state index in [1.165, 1.54) is 6.07 Å². The van der Waals surface area contributed by atoms with E-state index in [1.807, 2.05) is 6.07 Å². The van der Waals surface area contributed by atoms with Crippen LogP contribution in [-0.4, -0.2) is 13.1 Å². The molecule has 16 heavy (non-hydrogen) atoms. The maximum atomic E-state index is 13.6. The first kappa shape index (κ1) is 13.0. The summed E-state index contributed by atoms with van der Waals surface area (Å²) in [4.78, 5) is 2.18. The van der Waals surface area contributed by atoms with Gasteiger partial charge in [-0.15, -0.1) is 0 Å². The molecule has 0 unspecified atom stereocenters. The molecule has 0 atom stereocenters. The van der Waals surface area contributed by atoms with Gasteiger partial charge in [0.1, 0.15) is 5.82 Å². The van der Waals surface area contributed by atoms with Crippen molar-refractivity contribution in [2.75, 3.05) is 18.0 Å². The summed E-state index contributed by atoms with van der Waals surface area (Å²) in [7, 11) is 0. The van der Waals surface area contributed by atoms with Crippen molar-refractivity contribution < 1.29 is 4.39 Å². The van der Waals surface area contributed by atoms with Gasteiger partial charge in [-0.2, -0.15) is 0 Å². The fourth-order valence-corrected chi connectivity index (χ4v) is 1.88. The Morgan fingerprint density at radius 1 is 1.38 bits per heavy atom. The van der Waals surface area contributed by atoms with Crippen molar-refractivity contribution in [2.45, 2.75) is 27.3 Å². The minimum absolute atomic E-state index is 0.206. The normalized spacial score (nSPS) is 10.9. The molecular formula is C13H21FN2. The lowest BCUT2D eigenvalue weighted by molar-refractivity contribution is 0.596. The lowest BCUT2D eigenvalue weighted by Gasteiger charge is -2.27. The van der Waals surface area contributed by atoms with Crippen molar-refractivity contribution in [2.24, 2.45) is 11.7 Å². The Kier molecular flexibility index (Phi) is 4.74. The van der Waals surface area contributed by atoms with Gasteiger partial charge in [0, 0.05) is 30.9 Å². The van der Waals surface area contributed by atoms with Crippen LogP contribution in [0, 0.1) is 11.7 Å². The molecule has 0 fully saturated rings. The zero-order valence-corrected chi connectivity index (χ0v) is 10.3. The van der Waals surface area contributed by atoms with Crippen LogP contribution >= 0.6 is 0 Å². The van der Waals surface area contributed by atoms with Gasteiger partial charge >= 0.3 is 0 Å². The van der Waals surface area contributed by atoms with Crippen LogP contribution in [0.25, 0.3) is 0 Å². The smallest absolute Gasteiger partial charge is 0.129 e. The number of benzene rings is 1. The predicted molar refractivity (Wildman–Crippen MR) is 67.0 cm³/mol. The molecule has 0 amide bonds. The second-order valence-corrected chi connectivity index (χ2v) is 4.37. The number of halogens is 1. The molecule has 90 valence electrons. The molecule has 0 aromatic heterocycles. The molecule has 1 aromatic carbocycles. The summed E-state index contributed by atoms with van der Waals surface area (Å²) < 4.78 is 13.6. The summed E-state index contributed by atoms with van der Waals surface area (Å²) in [6.45, 7) is 8.43. The van der Waals surface area contributed by atoms with Crippen molar-refractivity contribution in [3.8, 4) is 0 Å². The van der Waals surface area contributed by atoms with Gasteiger partial charge < -0.3 is 10.6 Å². The summed E-state index contributed by atoms with van der Waals surface area (Å²) in [6.07, 6.45) is 0. The Labute approximate surface area is 97.3 Å². The third-order valence-corrected chi connectivity index (χ3v) is 2.61. The van der Waals surface area contributed by atoms with E-state index in [1.54, 1.807) is 6.07 Å². The topological polar surface area (TPSA) is 29.3 Å². The van der Waals surface area contributed by atoms with E-state index in [4.69, 9.17) is 5.73 Å². The van der Waals surface area contributed by atoms with Gasteiger partial charge in [-0.05, 0) is 25.0 Å². The Bertz CT molecular complexity index is 337. The van der Waals surface area contributed by atoms with Crippen molar-refractivity contribution >= 4 is 5.69 Å². The highest BCUT2D eigenvalue weighted by Gasteiger charge is 2.13. The van der Waals surface area contributed by atoms with Gasteiger partial charge in [0.15, 0.2) is 0 Å². The van der Waals surface area contributed by atoms with Crippen LogP contribution in [0.15, 0.2) is 18.2 Å². The van der Waals surface area contributed by atoms with Gasteiger partial charge in [0.2, 0.25) is 0 Å². The first-order valence-corrected chi connectivity index (χ1v) is 5.82. The second kappa shape index (κ2) is 5.85. The van der Waals surface area contributed by atoms with Gasteiger partial charge in [-0.3, -0.25) is 0 Å². The van der Waals surface area contributed by atoms with Crippen LogP contribution in [0.4, 0.5) is 10.1 Å². The first-order chi connectivity index (χ1) is 7.60. The lowest BCUT2D eigenvalue weighted by atomic mass is 10.1. The summed E-state index contributed by atoms with van der Waals surface area (Å²) in [5, 5.41) is 0. The van der Waals surface area contributed by atoms with Crippen LogP contribution < -0.4 is 10.6 Å². The zero-order chi connectivity index (χ0) is 12.1. The average Bonchev–Trinajstić information content (AvgIpc) is 2.25. The molecule has 1 aromatic rings. The maximum Gasteiger partial charge on any atom is 0.129 e. The number of rotatable bonds is 5. The maximum absolute atomic E-state index is 13.6. The Morgan fingerprint density at radius 2 is 2.06 bits per heavy atom. The van der Waals surface area contributed by atoms with E-state index in [9.17, 15) is 4.39 Å². The number of nitrogens with two attached hydrogens (primary N) is 1. The third kappa shape index (κ3) is 2.95. The molecule has 0 spiro atoms. The summed E-state index contributed by atoms with van der Waals surface area (Å²) >= 11 is 0. The number of anilines is 1. The van der Waals surface area contributed by atoms with Gasteiger partial charge in [0.05, 0.1) is 0 Å². The monoisotopic (exact) mass is 224 g/mol. The molecule has 0 radical (unpaired) electrons. The van der Waals surface area contributed by atoms with Crippen LogP contribution in [0.5, 0.6) is 0 Å². The lowest BCUT2D eigenvalue weighted by Crippen LogP contribution is -2.28. The van der Waals surface area contributed by atoms with E-state index in [2.05, 4.69) is 25.7 Å². The summed E-state index contributed by atoms with van der Waals surface area (Å²) in [5.41, 5.74) is 7.15. The second-order valence-electron chi connectivity index (χ2n) is 4.37. The highest BCUT2D eigenvalue weighted by atomic mass is 19.1. The average molecular weight is 224 g/mol. The van der Waals surface area contributed by atoms with Crippen LogP contribution in [-0.2, 0) is 6.54 Å². The van der Waals surface area contributed by atoms with Crippen LogP contribution in [0.2, 0.25) is 0 Å². The molecule has 3 heteroatoms. The Balaban J connectivity index is 3.04. The largest absolute Gasteiger partial charge is 0.371 e. The third-order valence-electron chi connectivity index (χ3n) is 2.61. The highest BCUT2D eigenvalue weighted by molar-refractivity contribution is 5.54. The van der Waals surface area contributed by atoms with Crippen molar-refractivity contribution in [3.05, 3.63) is 29.6 Å². The predicted octanol–water partition coefficient (Wildman–Crippen LogP) is 2.77. The molecule has 2 nitrogen and oxygen atoms in total. The molecule has 0 saturated carbocycles. The number of hydrogen-bond donors (Lipinski definition) is 1. The molecular weight excluding hydrogens is 203 g/mol. The standard InChI is InChI=1S/C13H21FN2/c1-4-16(9-10(2)3)13-7-5-6-12(14)11(13)8-15/h5-7,10H,4,8-9,15H2,1-3H3. The molecule has 0 heterocycles. The molecule has 0 aliphatic rings. The first-order valence-electron chi connectivity index (χ1n) is 5.82. The molecule has 0 aliphatic carbocycles. The van der Waals surface area contributed by atoms with E-state index in [0.29, 0.717) is 11.5 Å². The van der Waals surface area contributed by atoms with Crippen molar-refractivity contribution in [1.29, 1.82) is 0 Å². The Hall–Kier alpha value is -1.09. The quantitative estimate of drug-likeness (QED) is 0.833.